The Bertz CT molecular complexity index is 464. The number of carbonyl (C=O) groups is 2. The SMILES string of the molecule is CCOC(=O)c1coc(NCC2(C(=O)O)CC2)n1. The van der Waals surface area contributed by atoms with E-state index in [1.54, 1.807) is 6.92 Å². The first-order valence-corrected chi connectivity index (χ1v) is 5.67. The van der Waals surface area contributed by atoms with Gasteiger partial charge in [-0.15, -0.1) is 0 Å². The highest BCUT2D eigenvalue weighted by molar-refractivity contribution is 5.87. The Balaban J connectivity index is 1.91. The first-order chi connectivity index (χ1) is 8.57. The van der Waals surface area contributed by atoms with Gasteiger partial charge in [0.05, 0.1) is 12.0 Å². The molecule has 1 saturated carbocycles. The van der Waals surface area contributed by atoms with Crippen molar-refractivity contribution < 1.29 is 23.8 Å². The second-order valence-corrected chi connectivity index (χ2v) is 4.20. The summed E-state index contributed by atoms with van der Waals surface area (Å²) >= 11 is 0. The number of rotatable bonds is 6. The lowest BCUT2D eigenvalue weighted by atomic mass is 10.1. The minimum absolute atomic E-state index is 0.0690. The van der Waals surface area contributed by atoms with Crippen LogP contribution in [0.5, 0.6) is 0 Å². The maximum atomic E-state index is 11.3. The second-order valence-electron chi connectivity index (χ2n) is 4.20. The summed E-state index contributed by atoms with van der Waals surface area (Å²) in [6.07, 6.45) is 2.46. The minimum Gasteiger partial charge on any atom is -0.481 e. The third kappa shape index (κ3) is 2.44. The van der Waals surface area contributed by atoms with Crippen LogP contribution in [0.15, 0.2) is 10.7 Å². The standard InChI is InChI=1S/C11H14N2O5/c1-2-17-8(14)7-5-18-10(13-7)12-6-11(3-4-11)9(15)16/h5H,2-4,6H2,1H3,(H,12,13)(H,15,16). The number of esters is 1. The molecule has 0 spiro atoms. The monoisotopic (exact) mass is 254 g/mol. The molecule has 0 amide bonds. The molecule has 1 aromatic rings. The fourth-order valence-corrected chi connectivity index (χ4v) is 1.52. The summed E-state index contributed by atoms with van der Waals surface area (Å²) in [5.74, 6) is -1.39. The molecule has 18 heavy (non-hydrogen) atoms. The van der Waals surface area contributed by atoms with Crippen LogP contribution in [-0.2, 0) is 9.53 Å². The predicted molar refractivity (Wildman–Crippen MR) is 60.3 cm³/mol. The molecule has 1 heterocycles. The van der Waals surface area contributed by atoms with Crippen LogP contribution in [0.4, 0.5) is 6.01 Å². The number of hydrogen-bond acceptors (Lipinski definition) is 6. The third-order valence-corrected chi connectivity index (χ3v) is 2.87. The summed E-state index contributed by atoms with van der Waals surface area (Å²) in [6, 6.07) is 0.130. The molecule has 2 rings (SSSR count). The maximum Gasteiger partial charge on any atom is 0.360 e. The van der Waals surface area contributed by atoms with Gasteiger partial charge in [-0.25, -0.2) is 4.79 Å². The Hall–Kier alpha value is -2.05. The van der Waals surface area contributed by atoms with E-state index in [-0.39, 0.29) is 24.9 Å². The second kappa shape index (κ2) is 4.67. The zero-order valence-electron chi connectivity index (χ0n) is 9.93. The van der Waals surface area contributed by atoms with E-state index in [0.717, 1.165) is 0 Å². The van der Waals surface area contributed by atoms with Crippen LogP contribution >= 0.6 is 0 Å². The summed E-state index contributed by atoms with van der Waals surface area (Å²) in [5.41, 5.74) is -0.641. The molecule has 0 aliphatic heterocycles. The molecule has 1 fully saturated rings. The van der Waals surface area contributed by atoms with Gasteiger partial charge in [-0.05, 0) is 19.8 Å². The Morgan fingerprint density at radius 3 is 2.89 bits per heavy atom. The number of nitrogens with zero attached hydrogens (tertiary/aromatic N) is 1. The molecule has 2 N–H and O–H groups in total. The normalized spacial score (nSPS) is 16.1. The minimum atomic E-state index is -0.827. The van der Waals surface area contributed by atoms with Gasteiger partial charge < -0.3 is 19.6 Å². The highest BCUT2D eigenvalue weighted by Gasteiger charge is 2.50. The van der Waals surface area contributed by atoms with Crippen LogP contribution in [0.25, 0.3) is 0 Å². The molecule has 7 heteroatoms. The first-order valence-electron chi connectivity index (χ1n) is 5.67. The summed E-state index contributed by atoms with van der Waals surface area (Å²) in [4.78, 5) is 26.1. The number of carbonyl (C=O) groups excluding carboxylic acids is 1. The molecule has 1 aromatic heterocycles. The third-order valence-electron chi connectivity index (χ3n) is 2.87. The molecule has 0 saturated heterocycles. The van der Waals surface area contributed by atoms with E-state index < -0.39 is 17.4 Å². The molecule has 1 aliphatic rings. The lowest BCUT2D eigenvalue weighted by Crippen LogP contribution is -2.24. The molecule has 1 aliphatic carbocycles. The van der Waals surface area contributed by atoms with E-state index in [9.17, 15) is 9.59 Å². The van der Waals surface area contributed by atoms with Gasteiger partial charge in [0.2, 0.25) is 0 Å². The smallest absolute Gasteiger partial charge is 0.360 e. The summed E-state index contributed by atoms with van der Waals surface area (Å²) < 4.78 is 9.77. The van der Waals surface area contributed by atoms with Gasteiger partial charge in [0.25, 0.3) is 6.01 Å². The Morgan fingerprint density at radius 2 is 2.33 bits per heavy atom. The lowest BCUT2D eigenvalue weighted by molar-refractivity contribution is -0.142. The summed E-state index contributed by atoms with van der Waals surface area (Å²) in [5, 5.41) is 11.8. The Kier molecular flexibility index (Phi) is 3.22. The van der Waals surface area contributed by atoms with Crippen molar-refractivity contribution in [2.45, 2.75) is 19.8 Å². The number of oxazole rings is 1. The van der Waals surface area contributed by atoms with E-state index in [2.05, 4.69) is 10.3 Å². The van der Waals surface area contributed by atoms with Crippen LogP contribution in [0.2, 0.25) is 0 Å². The number of aromatic nitrogens is 1. The predicted octanol–water partition coefficient (Wildman–Crippen LogP) is 1.13. The number of ether oxygens (including phenoxy) is 1. The van der Waals surface area contributed by atoms with Crippen molar-refractivity contribution in [1.82, 2.24) is 4.98 Å². The topological polar surface area (TPSA) is 102 Å². The molecule has 0 atom stereocenters. The molecule has 0 radical (unpaired) electrons. The van der Waals surface area contributed by atoms with E-state index in [1.807, 2.05) is 0 Å². The lowest BCUT2D eigenvalue weighted by Gasteiger charge is -2.08. The van der Waals surface area contributed by atoms with Crippen LogP contribution < -0.4 is 5.32 Å². The zero-order valence-corrected chi connectivity index (χ0v) is 9.93. The van der Waals surface area contributed by atoms with Gasteiger partial charge in [-0.2, -0.15) is 4.98 Å². The van der Waals surface area contributed by atoms with Crippen molar-refractivity contribution in [2.75, 3.05) is 18.5 Å². The van der Waals surface area contributed by atoms with Gasteiger partial charge in [-0.3, -0.25) is 4.79 Å². The van der Waals surface area contributed by atoms with E-state index in [4.69, 9.17) is 14.3 Å². The van der Waals surface area contributed by atoms with Crippen LogP contribution in [0.3, 0.4) is 0 Å². The van der Waals surface area contributed by atoms with Gasteiger partial charge in [-0.1, -0.05) is 0 Å². The number of carboxylic acids is 1. The van der Waals surface area contributed by atoms with Gasteiger partial charge in [0.15, 0.2) is 5.69 Å². The Morgan fingerprint density at radius 1 is 1.61 bits per heavy atom. The quantitative estimate of drug-likeness (QED) is 0.733. The van der Waals surface area contributed by atoms with Crippen LogP contribution in [-0.4, -0.2) is 35.2 Å². The fourth-order valence-electron chi connectivity index (χ4n) is 1.52. The number of anilines is 1. The van der Waals surface area contributed by atoms with Crippen molar-refractivity contribution in [2.24, 2.45) is 5.41 Å². The van der Waals surface area contributed by atoms with Gasteiger partial charge in [0, 0.05) is 6.54 Å². The number of aliphatic carboxylic acids is 1. The molecule has 0 aromatic carbocycles. The molecular weight excluding hydrogens is 240 g/mol. The van der Waals surface area contributed by atoms with E-state index in [1.165, 1.54) is 6.26 Å². The molecule has 0 bridgehead atoms. The fraction of sp³-hybridized carbons (Fsp3) is 0.545. The van der Waals surface area contributed by atoms with E-state index >= 15 is 0 Å². The first kappa shape index (κ1) is 12.4. The van der Waals surface area contributed by atoms with Gasteiger partial charge >= 0.3 is 11.9 Å². The summed E-state index contributed by atoms with van der Waals surface area (Å²) in [7, 11) is 0. The number of hydrogen-bond donors (Lipinski definition) is 2. The molecule has 7 nitrogen and oxygen atoms in total. The highest BCUT2D eigenvalue weighted by atomic mass is 16.5. The van der Waals surface area contributed by atoms with Crippen molar-refractivity contribution in [3.63, 3.8) is 0 Å². The largest absolute Gasteiger partial charge is 0.481 e. The Labute approximate surface area is 103 Å². The maximum absolute atomic E-state index is 11.3. The highest BCUT2D eigenvalue weighted by Crippen LogP contribution is 2.45. The van der Waals surface area contributed by atoms with Gasteiger partial charge in [0.1, 0.15) is 6.26 Å². The number of carboxylic acid groups (broad SMARTS) is 1. The van der Waals surface area contributed by atoms with Crippen LogP contribution in [0, 0.1) is 5.41 Å². The average molecular weight is 254 g/mol. The van der Waals surface area contributed by atoms with Crippen molar-refractivity contribution in [3.8, 4) is 0 Å². The molecule has 98 valence electrons. The molecule has 0 unspecified atom stereocenters. The number of nitrogens with one attached hydrogen (secondary N) is 1. The molecular formula is C11H14N2O5. The summed E-state index contributed by atoms with van der Waals surface area (Å²) in [6.45, 7) is 2.20. The van der Waals surface area contributed by atoms with Crippen LogP contribution in [0.1, 0.15) is 30.3 Å². The van der Waals surface area contributed by atoms with Crippen molar-refractivity contribution in [3.05, 3.63) is 12.0 Å². The zero-order chi connectivity index (χ0) is 13.2. The van der Waals surface area contributed by atoms with E-state index in [0.29, 0.717) is 12.8 Å². The van der Waals surface area contributed by atoms with Crippen molar-refractivity contribution >= 4 is 18.0 Å². The average Bonchev–Trinajstić information content (AvgIpc) is 2.98. The van der Waals surface area contributed by atoms with Crippen molar-refractivity contribution in [1.29, 1.82) is 0 Å².